The maximum Gasteiger partial charge on any atom is 0.159 e. The lowest BCUT2D eigenvalue weighted by atomic mass is 10.1. The molecule has 1 saturated carbocycles. The van der Waals surface area contributed by atoms with Crippen LogP contribution < -0.4 is 0 Å². The summed E-state index contributed by atoms with van der Waals surface area (Å²) in [6.07, 6.45) is 2.54. The molecule has 0 N–H and O–H groups in total. The summed E-state index contributed by atoms with van der Waals surface area (Å²) < 4.78 is 1.81. The molecule has 3 nitrogen and oxygen atoms in total. The van der Waals surface area contributed by atoms with E-state index in [9.17, 15) is 0 Å². The lowest BCUT2D eigenvalue weighted by Crippen LogP contribution is -1.93. The van der Waals surface area contributed by atoms with E-state index in [4.69, 9.17) is 11.6 Å². The van der Waals surface area contributed by atoms with Gasteiger partial charge in [0.15, 0.2) is 5.65 Å². The zero-order chi connectivity index (χ0) is 10.6. The predicted octanol–water partition coefficient (Wildman–Crippen LogP) is 2.81. The summed E-state index contributed by atoms with van der Waals surface area (Å²) in [4.78, 5) is 4.33. The molecule has 4 heteroatoms. The summed E-state index contributed by atoms with van der Waals surface area (Å²) in [5, 5.41) is 6.17. The van der Waals surface area contributed by atoms with Crippen LogP contribution in [0, 0.1) is 6.92 Å². The Labute approximate surface area is 93.1 Å². The number of hydrogen-bond donors (Lipinski definition) is 0. The molecule has 0 aliphatic heterocycles. The van der Waals surface area contributed by atoms with Crippen LogP contribution >= 0.6 is 11.6 Å². The molecule has 1 fully saturated rings. The van der Waals surface area contributed by atoms with Crippen molar-refractivity contribution in [3.63, 3.8) is 0 Å². The standard InChI is InChI=1S/C11H12ClN3/c1-6-10-8(7-3-4-7)5-9(12)13-11(10)15(2)14-6/h5,7H,3-4H2,1-2H3. The first kappa shape index (κ1) is 9.16. The number of aromatic nitrogens is 3. The maximum absolute atomic E-state index is 6.02. The third-order valence-electron chi connectivity index (χ3n) is 2.99. The zero-order valence-electron chi connectivity index (χ0n) is 8.79. The SMILES string of the molecule is Cc1nn(C)c2nc(Cl)cc(C3CC3)c12. The predicted molar refractivity (Wildman–Crippen MR) is 60.2 cm³/mol. The highest BCUT2D eigenvalue weighted by Crippen LogP contribution is 2.44. The van der Waals surface area contributed by atoms with Gasteiger partial charge in [-0.3, -0.25) is 4.68 Å². The first-order valence-corrected chi connectivity index (χ1v) is 5.54. The highest BCUT2D eigenvalue weighted by atomic mass is 35.5. The molecule has 0 radical (unpaired) electrons. The van der Waals surface area contributed by atoms with Gasteiger partial charge in [-0.1, -0.05) is 11.6 Å². The van der Waals surface area contributed by atoms with Gasteiger partial charge < -0.3 is 0 Å². The second-order valence-electron chi connectivity index (χ2n) is 4.22. The number of nitrogens with zero attached hydrogens (tertiary/aromatic N) is 3. The van der Waals surface area contributed by atoms with Crippen molar-refractivity contribution in [1.82, 2.24) is 14.8 Å². The minimum absolute atomic E-state index is 0.576. The normalized spacial score (nSPS) is 16.2. The molecule has 0 amide bonds. The number of pyridine rings is 1. The molecule has 0 saturated heterocycles. The van der Waals surface area contributed by atoms with Crippen LogP contribution in [-0.4, -0.2) is 14.8 Å². The van der Waals surface area contributed by atoms with Crippen molar-refractivity contribution in [3.8, 4) is 0 Å². The third-order valence-corrected chi connectivity index (χ3v) is 3.18. The van der Waals surface area contributed by atoms with Crippen molar-refractivity contribution in [3.05, 3.63) is 22.5 Å². The van der Waals surface area contributed by atoms with Crippen molar-refractivity contribution in [2.75, 3.05) is 0 Å². The Morgan fingerprint density at radius 1 is 1.47 bits per heavy atom. The van der Waals surface area contributed by atoms with Crippen LogP contribution in [0.2, 0.25) is 5.15 Å². The lowest BCUT2D eigenvalue weighted by molar-refractivity contribution is 0.774. The molecule has 0 aromatic carbocycles. The van der Waals surface area contributed by atoms with Crippen molar-refractivity contribution in [2.45, 2.75) is 25.7 Å². The minimum Gasteiger partial charge on any atom is -0.250 e. The van der Waals surface area contributed by atoms with Crippen molar-refractivity contribution >= 4 is 22.6 Å². The third kappa shape index (κ3) is 1.34. The van der Waals surface area contributed by atoms with Gasteiger partial charge in [0.25, 0.3) is 0 Å². The molecule has 2 aromatic heterocycles. The Kier molecular flexibility index (Phi) is 1.80. The highest BCUT2D eigenvalue weighted by molar-refractivity contribution is 6.29. The Morgan fingerprint density at radius 3 is 2.87 bits per heavy atom. The first-order chi connectivity index (χ1) is 7.16. The van der Waals surface area contributed by atoms with Gasteiger partial charge in [0.1, 0.15) is 5.15 Å². The molecular weight excluding hydrogens is 210 g/mol. The van der Waals surface area contributed by atoms with Crippen LogP contribution in [0.3, 0.4) is 0 Å². The minimum atomic E-state index is 0.576. The molecule has 2 aromatic rings. The summed E-state index contributed by atoms with van der Waals surface area (Å²) in [5.41, 5.74) is 3.29. The summed E-state index contributed by atoms with van der Waals surface area (Å²) in [7, 11) is 1.91. The number of fused-ring (bicyclic) bond motifs is 1. The van der Waals surface area contributed by atoms with E-state index in [1.54, 1.807) is 0 Å². The largest absolute Gasteiger partial charge is 0.250 e. The van der Waals surface area contributed by atoms with E-state index >= 15 is 0 Å². The van der Waals surface area contributed by atoms with Gasteiger partial charge in [0, 0.05) is 12.4 Å². The monoisotopic (exact) mass is 221 g/mol. The summed E-state index contributed by atoms with van der Waals surface area (Å²) in [6.45, 7) is 2.03. The number of rotatable bonds is 1. The summed E-state index contributed by atoms with van der Waals surface area (Å²) in [5.74, 6) is 0.677. The second-order valence-corrected chi connectivity index (χ2v) is 4.60. The van der Waals surface area contributed by atoms with Crippen LogP contribution in [-0.2, 0) is 7.05 Å². The lowest BCUT2D eigenvalue weighted by Gasteiger charge is -2.02. The van der Waals surface area contributed by atoms with Gasteiger partial charge in [-0.25, -0.2) is 4.98 Å². The summed E-state index contributed by atoms with van der Waals surface area (Å²) in [6, 6.07) is 2.00. The molecule has 15 heavy (non-hydrogen) atoms. The van der Waals surface area contributed by atoms with Crippen molar-refractivity contribution in [2.24, 2.45) is 7.05 Å². The average Bonchev–Trinajstić information content (AvgIpc) is 2.95. The van der Waals surface area contributed by atoms with Gasteiger partial charge >= 0.3 is 0 Å². The smallest absolute Gasteiger partial charge is 0.159 e. The van der Waals surface area contributed by atoms with E-state index in [0.717, 1.165) is 11.3 Å². The maximum atomic E-state index is 6.02. The Morgan fingerprint density at radius 2 is 2.20 bits per heavy atom. The molecule has 2 heterocycles. The van der Waals surface area contributed by atoms with Gasteiger partial charge in [-0.2, -0.15) is 5.10 Å². The molecule has 0 atom stereocenters. The van der Waals surface area contributed by atoms with E-state index < -0.39 is 0 Å². The van der Waals surface area contributed by atoms with Gasteiger partial charge in [-0.15, -0.1) is 0 Å². The fourth-order valence-electron chi connectivity index (χ4n) is 2.16. The van der Waals surface area contributed by atoms with Crippen LogP contribution in [0.1, 0.15) is 30.0 Å². The molecule has 0 unspecified atom stereocenters. The average molecular weight is 222 g/mol. The Hall–Kier alpha value is -1.09. The van der Waals surface area contributed by atoms with Crippen LogP contribution in [0.5, 0.6) is 0 Å². The Bertz CT molecular complexity index is 540. The topological polar surface area (TPSA) is 30.7 Å². The number of aryl methyl sites for hydroxylation is 2. The van der Waals surface area contributed by atoms with Gasteiger partial charge in [0.05, 0.1) is 5.69 Å². The summed E-state index contributed by atoms with van der Waals surface area (Å²) >= 11 is 6.02. The molecule has 1 aliphatic carbocycles. The fourth-order valence-corrected chi connectivity index (χ4v) is 2.36. The molecule has 78 valence electrons. The number of hydrogen-bond acceptors (Lipinski definition) is 2. The molecule has 0 bridgehead atoms. The van der Waals surface area contributed by atoms with Crippen LogP contribution in [0.25, 0.3) is 11.0 Å². The second kappa shape index (κ2) is 2.95. The van der Waals surface area contributed by atoms with E-state index in [0.29, 0.717) is 11.1 Å². The van der Waals surface area contributed by atoms with E-state index in [1.165, 1.54) is 23.8 Å². The zero-order valence-corrected chi connectivity index (χ0v) is 9.54. The molecule has 1 aliphatic rings. The molecule has 0 spiro atoms. The Balaban J connectivity index is 2.40. The van der Waals surface area contributed by atoms with Crippen LogP contribution in [0.15, 0.2) is 6.07 Å². The van der Waals surface area contributed by atoms with E-state index in [2.05, 4.69) is 10.1 Å². The highest BCUT2D eigenvalue weighted by Gasteiger charge is 2.28. The quantitative estimate of drug-likeness (QED) is 0.694. The fraction of sp³-hybridized carbons (Fsp3) is 0.455. The molecular formula is C11H12ClN3. The number of halogens is 1. The van der Waals surface area contributed by atoms with Crippen molar-refractivity contribution in [1.29, 1.82) is 0 Å². The van der Waals surface area contributed by atoms with Gasteiger partial charge in [-0.05, 0) is 37.3 Å². The van der Waals surface area contributed by atoms with Gasteiger partial charge in [0.2, 0.25) is 0 Å². The van der Waals surface area contributed by atoms with E-state index in [-0.39, 0.29) is 0 Å². The van der Waals surface area contributed by atoms with Crippen molar-refractivity contribution < 1.29 is 0 Å². The first-order valence-electron chi connectivity index (χ1n) is 5.16. The molecule has 3 rings (SSSR count). The van der Waals surface area contributed by atoms with Crippen LogP contribution in [0.4, 0.5) is 0 Å². The van der Waals surface area contributed by atoms with E-state index in [1.807, 2.05) is 24.7 Å².